The molecule has 3 aromatic heterocycles. The Balaban J connectivity index is 1.76. The topological polar surface area (TPSA) is 90.9 Å². The molecule has 144 valence electrons. The van der Waals surface area contributed by atoms with E-state index in [1.165, 1.54) is 28.7 Å². The van der Waals surface area contributed by atoms with E-state index in [9.17, 15) is 22.8 Å². The molecule has 6 nitrogen and oxygen atoms in total. The van der Waals surface area contributed by atoms with Gasteiger partial charge in [-0.2, -0.15) is 29.6 Å². The quantitative estimate of drug-likeness (QED) is 0.545. The number of amides is 1. The number of carbonyl (C=O) groups is 1. The third-order valence-electron chi connectivity index (χ3n) is 4.07. The normalized spacial score (nSPS) is 12.1. The van der Waals surface area contributed by atoms with Gasteiger partial charge in [0.15, 0.2) is 0 Å². The Bertz CT molecular complexity index is 1270. The maximum atomic E-state index is 12.9. The molecule has 0 fully saturated rings. The van der Waals surface area contributed by atoms with Crippen LogP contribution in [0.15, 0.2) is 33.8 Å². The summed E-state index contributed by atoms with van der Waals surface area (Å²) in [5.41, 5.74) is 4.70. The van der Waals surface area contributed by atoms with E-state index in [4.69, 9.17) is 5.73 Å². The van der Waals surface area contributed by atoms with Gasteiger partial charge in [-0.05, 0) is 18.2 Å². The van der Waals surface area contributed by atoms with E-state index in [-0.39, 0.29) is 24.0 Å². The Morgan fingerprint density at radius 1 is 1.21 bits per heavy atom. The summed E-state index contributed by atoms with van der Waals surface area (Å²) in [5, 5.41) is 9.04. The maximum absolute atomic E-state index is 12.9. The fraction of sp³-hybridized carbons (Fsp3) is 0.176. The minimum Gasteiger partial charge on any atom is -0.369 e. The van der Waals surface area contributed by atoms with Crippen LogP contribution in [0.4, 0.5) is 13.2 Å². The molecule has 1 amide bonds. The number of rotatable bonds is 4. The van der Waals surface area contributed by atoms with Crippen molar-refractivity contribution < 1.29 is 18.0 Å². The zero-order chi connectivity index (χ0) is 20.1. The van der Waals surface area contributed by atoms with Crippen LogP contribution in [0.25, 0.3) is 21.0 Å². The van der Waals surface area contributed by atoms with Crippen LogP contribution in [0.3, 0.4) is 0 Å². The van der Waals surface area contributed by atoms with E-state index in [1.54, 1.807) is 10.8 Å². The fourth-order valence-electron chi connectivity index (χ4n) is 2.82. The summed E-state index contributed by atoms with van der Waals surface area (Å²) < 4.78 is 40.4. The number of thiazole rings is 1. The molecule has 0 aliphatic rings. The molecule has 0 radical (unpaired) electrons. The zero-order valence-corrected chi connectivity index (χ0v) is 15.6. The molecule has 0 aliphatic carbocycles. The summed E-state index contributed by atoms with van der Waals surface area (Å²) in [6.45, 7) is -0.0168. The summed E-state index contributed by atoms with van der Waals surface area (Å²) >= 11 is 2.49. The molecule has 0 bridgehead atoms. The molecule has 0 aliphatic heterocycles. The van der Waals surface area contributed by atoms with Gasteiger partial charge in [0.2, 0.25) is 5.91 Å². The molecular weight excluding hydrogens is 413 g/mol. The minimum atomic E-state index is -4.45. The number of nitrogens with zero attached hydrogens (tertiary/aromatic N) is 3. The van der Waals surface area contributed by atoms with Crippen molar-refractivity contribution in [2.45, 2.75) is 19.1 Å². The lowest BCUT2D eigenvalue weighted by molar-refractivity contribution is -0.137. The zero-order valence-electron chi connectivity index (χ0n) is 14.0. The van der Waals surface area contributed by atoms with E-state index >= 15 is 0 Å². The lowest BCUT2D eigenvalue weighted by Crippen LogP contribution is -2.26. The number of aromatic nitrogens is 3. The highest BCUT2D eigenvalue weighted by atomic mass is 32.1. The first kappa shape index (κ1) is 18.6. The molecule has 0 unspecified atom stereocenters. The number of halogens is 3. The Kier molecular flexibility index (Phi) is 4.42. The standard InChI is InChI=1S/C17H11F3N4O2S2/c18-17(19,20)8-1-2-13-12(3-8)22-15(28-13)5-24-16(26)10-7-27-6-9(10)11(23-24)4-14(21)25/h1-3,6-7H,4-5H2,(H2,21,25). The van der Waals surface area contributed by atoms with Crippen LogP contribution in [0.5, 0.6) is 0 Å². The summed E-state index contributed by atoms with van der Waals surface area (Å²) in [7, 11) is 0. The van der Waals surface area contributed by atoms with Gasteiger partial charge in [0.05, 0.1) is 39.8 Å². The predicted molar refractivity (Wildman–Crippen MR) is 101 cm³/mol. The number of alkyl halides is 3. The van der Waals surface area contributed by atoms with Gasteiger partial charge in [0, 0.05) is 16.1 Å². The Labute approximate surface area is 163 Å². The first-order valence-electron chi connectivity index (χ1n) is 7.93. The number of benzene rings is 1. The number of thiophene rings is 1. The van der Waals surface area contributed by atoms with E-state index in [2.05, 4.69) is 10.1 Å². The van der Waals surface area contributed by atoms with Gasteiger partial charge in [-0.15, -0.1) is 11.3 Å². The van der Waals surface area contributed by atoms with Crippen molar-refractivity contribution in [3.05, 3.63) is 55.6 Å². The van der Waals surface area contributed by atoms with Crippen LogP contribution in [0, 0.1) is 0 Å². The highest BCUT2D eigenvalue weighted by molar-refractivity contribution is 7.18. The van der Waals surface area contributed by atoms with Gasteiger partial charge < -0.3 is 5.73 Å². The molecular formula is C17H11F3N4O2S2. The molecule has 3 heterocycles. The molecule has 0 saturated carbocycles. The average molecular weight is 424 g/mol. The summed E-state index contributed by atoms with van der Waals surface area (Å²) in [4.78, 5) is 28.2. The van der Waals surface area contributed by atoms with Crippen LogP contribution in [-0.2, 0) is 23.9 Å². The van der Waals surface area contributed by atoms with Gasteiger partial charge in [0.25, 0.3) is 5.56 Å². The number of nitrogens with two attached hydrogens (primary N) is 1. The predicted octanol–water partition coefficient (Wildman–Crippen LogP) is 3.16. The Morgan fingerprint density at radius 3 is 2.68 bits per heavy atom. The fourth-order valence-corrected chi connectivity index (χ4v) is 4.58. The molecule has 11 heteroatoms. The highest BCUT2D eigenvalue weighted by Crippen LogP contribution is 2.33. The van der Waals surface area contributed by atoms with Crippen molar-refractivity contribution in [3.8, 4) is 0 Å². The van der Waals surface area contributed by atoms with Crippen LogP contribution < -0.4 is 11.3 Å². The van der Waals surface area contributed by atoms with E-state index in [0.29, 0.717) is 26.2 Å². The first-order valence-corrected chi connectivity index (χ1v) is 9.69. The van der Waals surface area contributed by atoms with Crippen molar-refractivity contribution in [1.82, 2.24) is 14.8 Å². The summed E-state index contributed by atoms with van der Waals surface area (Å²) in [6, 6.07) is 3.33. The lowest BCUT2D eigenvalue weighted by Gasteiger charge is -2.06. The van der Waals surface area contributed by atoms with Gasteiger partial charge in [-0.25, -0.2) is 9.67 Å². The SMILES string of the molecule is NC(=O)Cc1nn(Cc2nc3cc(C(F)(F)F)ccc3s2)c(=O)c2cscc12. The van der Waals surface area contributed by atoms with E-state index in [0.717, 1.165) is 16.8 Å². The number of hydrogen-bond donors (Lipinski definition) is 1. The van der Waals surface area contributed by atoms with Crippen molar-refractivity contribution in [1.29, 1.82) is 0 Å². The van der Waals surface area contributed by atoms with Crippen LogP contribution in [-0.4, -0.2) is 20.7 Å². The van der Waals surface area contributed by atoms with E-state index in [1.807, 2.05) is 0 Å². The van der Waals surface area contributed by atoms with Crippen LogP contribution in [0.2, 0.25) is 0 Å². The third kappa shape index (κ3) is 3.38. The Hall–Kier alpha value is -2.79. The molecule has 0 spiro atoms. The van der Waals surface area contributed by atoms with Crippen LogP contribution in [0.1, 0.15) is 16.3 Å². The monoisotopic (exact) mass is 424 g/mol. The molecule has 2 N–H and O–H groups in total. The number of carbonyl (C=O) groups excluding carboxylic acids is 1. The van der Waals surface area contributed by atoms with Gasteiger partial charge >= 0.3 is 6.18 Å². The minimum absolute atomic E-state index is 0.0168. The molecule has 0 atom stereocenters. The molecule has 4 rings (SSSR count). The second-order valence-electron chi connectivity index (χ2n) is 6.04. The maximum Gasteiger partial charge on any atom is 0.416 e. The van der Waals surface area contributed by atoms with Gasteiger partial charge in [-0.1, -0.05) is 0 Å². The third-order valence-corrected chi connectivity index (χ3v) is 5.83. The molecule has 1 aromatic carbocycles. The van der Waals surface area contributed by atoms with E-state index < -0.39 is 17.6 Å². The second-order valence-corrected chi connectivity index (χ2v) is 7.90. The smallest absolute Gasteiger partial charge is 0.369 e. The first-order chi connectivity index (χ1) is 13.2. The number of hydrogen-bond acceptors (Lipinski definition) is 6. The van der Waals surface area contributed by atoms with Crippen LogP contribution >= 0.6 is 22.7 Å². The Morgan fingerprint density at radius 2 is 1.96 bits per heavy atom. The van der Waals surface area contributed by atoms with Crippen molar-refractivity contribution >= 4 is 49.6 Å². The van der Waals surface area contributed by atoms with Crippen molar-refractivity contribution in [2.24, 2.45) is 5.73 Å². The van der Waals surface area contributed by atoms with Crippen molar-refractivity contribution in [3.63, 3.8) is 0 Å². The largest absolute Gasteiger partial charge is 0.416 e. The lowest BCUT2D eigenvalue weighted by atomic mass is 10.2. The molecule has 4 aromatic rings. The second kappa shape index (κ2) is 6.67. The van der Waals surface area contributed by atoms with Gasteiger partial charge in [0.1, 0.15) is 5.01 Å². The van der Waals surface area contributed by atoms with Gasteiger partial charge in [-0.3, -0.25) is 9.59 Å². The summed E-state index contributed by atoms with van der Waals surface area (Å²) in [6.07, 6.45) is -4.58. The molecule has 0 saturated heterocycles. The highest BCUT2D eigenvalue weighted by Gasteiger charge is 2.30. The average Bonchev–Trinajstić information content (AvgIpc) is 3.23. The number of primary amides is 1. The molecule has 28 heavy (non-hydrogen) atoms. The summed E-state index contributed by atoms with van der Waals surface area (Å²) in [5.74, 6) is -0.579. The number of fused-ring (bicyclic) bond motifs is 2. The van der Waals surface area contributed by atoms with Crippen molar-refractivity contribution in [2.75, 3.05) is 0 Å².